The Labute approximate surface area is 111 Å². The zero-order chi connectivity index (χ0) is 14.0. The number of hydrogen-bond donors (Lipinski definition) is 0. The van der Waals surface area contributed by atoms with Gasteiger partial charge in [0.15, 0.2) is 0 Å². The van der Waals surface area contributed by atoms with Gasteiger partial charge in [0.1, 0.15) is 12.4 Å². The van der Waals surface area contributed by atoms with Gasteiger partial charge in [-0.15, -0.1) is 0 Å². The number of carbonyl (C=O) groups excluding carboxylic acids is 1. The Bertz CT molecular complexity index is 208. The van der Waals surface area contributed by atoms with Crippen molar-refractivity contribution < 1.29 is 19.0 Å². The Hall–Kier alpha value is -0.450. The lowest BCUT2D eigenvalue weighted by Crippen LogP contribution is -2.39. The summed E-state index contributed by atoms with van der Waals surface area (Å²) in [5.74, 6) is 0.252. The van der Waals surface area contributed by atoms with E-state index in [1.54, 1.807) is 14.2 Å². The van der Waals surface area contributed by atoms with Crippen molar-refractivity contribution in [3.05, 3.63) is 0 Å². The molecule has 0 aromatic carbocycles. The molecular formula is C14H28O4. The molecule has 0 aliphatic heterocycles. The molecule has 0 heterocycles. The van der Waals surface area contributed by atoms with Crippen molar-refractivity contribution in [3.8, 4) is 0 Å². The largest absolute Gasteiger partial charge is 0.381 e. The molecule has 0 spiro atoms. The van der Waals surface area contributed by atoms with Crippen LogP contribution in [-0.2, 0) is 19.0 Å². The predicted octanol–water partition coefficient (Wildman–Crippen LogP) is 2.30. The quantitative estimate of drug-likeness (QED) is 0.422. The zero-order valence-electron chi connectivity index (χ0n) is 12.3. The van der Waals surface area contributed by atoms with Crippen LogP contribution >= 0.6 is 0 Å². The first kappa shape index (κ1) is 17.6. The second-order valence-corrected chi connectivity index (χ2v) is 4.80. The molecule has 0 saturated carbocycles. The number of methoxy groups -OCH3 is 2. The molecule has 0 aromatic rings. The smallest absolute Gasteiger partial charge is 0.149 e. The van der Waals surface area contributed by atoms with Crippen molar-refractivity contribution in [2.75, 3.05) is 27.4 Å². The van der Waals surface area contributed by atoms with Gasteiger partial charge in [0.2, 0.25) is 0 Å². The van der Waals surface area contributed by atoms with Crippen LogP contribution < -0.4 is 0 Å². The number of rotatable bonds is 11. The maximum atomic E-state index is 10.9. The number of unbranched alkanes of at least 4 members (excludes halogenated alkanes) is 1. The van der Waals surface area contributed by atoms with Crippen LogP contribution in [0, 0.1) is 11.8 Å². The Kier molecular flexibility index (Phi) is 10.2. The summed E-state index contributed by atoms with van der Waals surface area (Å²) in [5.41, 5.74) is 0. The van der Waals surface area contributed by atoms with Crippen molar-refractivity contribution in [2.24, 2.45) is 11.8 Å². The van der Waals surface area contributed by atoms with E-state index in [1.165, 1.54) is 0 Å². The van der Waals surface area contributed by atoms with Crippen LogP contribution in [-0.4, -0.2) is 45.9 Å². The minimum absolute atomic E-state index is 0.0160. The van der Waals surface area contributed by atoms with Crippen LogP contribution in [0.3, 0.4) is 0 Å². The Morgan fingerprint density at radius 1 is 1.17 bits per heavy atom. The SMILES string of the molecule is CCCCOCC(C)C(OC)C(C)C(C=O)OC. The molecule has 0 fully saturated rings. The average molecular weight is 260 g/mol. The topological polar surface area (TPSA) is 44.8 Å². The van der Waals surface area contributed by atoms with Gasteiger partial charge < -0.3 is 19.0 Å². The van der Waals surface area contributed by atoms with Gasteiger partial charge in [-0.05, 0) is 6.42 Å². The summed E-state index contributed by atoms with van der Waals surface area (Å²) in [6.45, 7) is 7.62. The molecule has 0 aromatic heterocycles. The average Bonchev–Trinajstić information content (AvgIpc) is 2.37. The van der Waals surface area contributed by atoms with Gasteiger partial charge >= 0.3 is 0 Å². The molecule has 0 amide bonds. The summed E-state index contributed by atoms with van der Waals surface area (Å²) in [5, 5.41) is 0. The first-order valence-corrected chi connectivity index (χ1v) is 6.70. The Morgan fingerprint density at radius 3 is 2.28 bits per heavy atom. The minimum Gasteiger partial charge on any atom is -0.381 e. The molecule has 0 N–H and O–H groups in total. The number of ether oxygens (including phenoxy) is 3. The summed E-state index contributed by atoms with van der Waals surface area (Å²) < 4.78 is 16.3. The summed E-state index contributed by atoms with van der Waals surface area (Å²) >= 11 is 0. The number of carbonyl (C=O) groups is 1. The monoisotopic (exact) mass is 260 g/mol. The summed E-state index contributed by atoms with van der Waals surface area (Å²) in [6, 6.07) is 0. The molecule has 0 saturated heterocycles. The van der Waals surface area contributed by atoms with E-state index >= 15 is 0 Å². The van der Waals surface area contributed by atoms with E-state index in [4.69, 9.17) is 14.2 Å². The third-order valence-electron chi connectivity index (χ3n) is 3.30. The van der Waals surface area contributed by atoms with Crippen LogP contribution in [0.2, 0.25) is 0 Å². The van der Waals surface area contributed by atoms with Gasteiger partial charge in [-0.25, -0.2) is 0 Å². The van der Waals surface area contributed by atoms with Gasteiger partial charge in [0.25, 0.3) is 0 Å². The minimum atomic E-state index is -0.423. The second-order valence-electron chi connectivity index (χ2n) is 4.80. The van der Waals surface area contributed by atoms with Crippen LogP contribution in [0.25, 0.3) is 0 Å². The van der Waals surface area contributed by atoms with Gasteiger partial charge in [-0.2, -0.15) is 0 Å². The van der Waals surface area contributed by atoms with Gasteiger partial charge in [-0.3, -0.25) is 0 Å². The van der Waals surface area contributed by atoms with E-state index in [-0.39, 0.29) is 17.9 Å². The second kappa shape index (κ2) is 10.5. The highest BCUT2D eigenvalue weighted by atomic mass is 16.5. The highest BCUT2D eigenvalue weighted by molar-refractivity contribution is 5.56. The first-order chi connectivity index (χ1) is 8.62. The van der Waals surface area contributed by atoms with Crippen LogP contribution in [0.15, 0.2) is 0 Å². The van der Waals surface area contributed by atoms with E-state index in [1.807, 2.05) is 6.92 Å². The van der Waals surface area contributed by atoms with E-state index in [9.17, 15) is 4.79 Å². The summed E-state index contributed by atoms with van der Waals surface area (Å²) in [7, 11) is 3.21. The normalized spacial score (nSPS) is 18.1. The van der Waals surface area contributed by atoms with Crippen molar-refractivity contribution in [2.45, 2.75) is 45.8 Å². The van der Waals surface area contributed by atoms with E-state index in [0.29, 0.717) is 6.61 Å². The standard InChI is InChI=1S/C14H28O4/c1-6-7-8-18-10-11(2)14(17-5)12(3)13(9-15)16-4/h9,11-14H,6-8,10H2,1-5H3. The third-order valence-corrected chi connectivity index (χ3v) is 3.30. The molecular weight excluding hydrogens is 232 g/mol. The summed E-state index contributed by atoms with van der Waals surface area (Å²) in [6.07, 6.45) is 2.58. The van der Waals surface area contributed by atoms with E-state index in [2.05, 4.69) is 13.8 Å². The van der Waals surface area contributed by atoms with Gasteiger partial charge in [0, 0.05) is 32.7 Å². The molecule has 0 rings (SSSR count). The Balaban J connectivity index is 4.23. The van der Waals surface area contributed by atoms with Crippen LogP contribution in [0.4, 0.5) is 0 Å². The molecule has 4 unspecified atom stereocenters. The lowest BCUT2D eigenvalue weighted by molar-refractivity contribution is -0.125. The lowest BCUT2D eigenvalue weighted by atomic mass is 9.90. The highest BCUT2D eigenvalue weighted by Gasteiger charge is 2.29. The first-order valence-electron chi connectivity index (χ1n) is 6.70. The molecule has 0 bridgehead atoms. The van der Waals surface area contributed by atoms with E-state index in [0.717, 1.165) is 25.7 Å². The fourth-order valence-corrected chi connectivity index (χ4v) is 2.16. The highest BCUT2D eigenvalue weighted by Crippen LogP contribution is 2.21. The van der Waals surface area contributed by atoms with Crippen molar-refractivity contribution in [1.82, 2.24) is 0 Å². The van der Waals surface area contributed by atoms with Crippen molar-refractivity contribution in [1.29, 1.82) is 0 Å². The third kappa shape index (κ3) is 5.94. The Morgan fingerprint density at radius 2 is 1.83 bits per heavy atom. The maximum Gasteiger partial charge on any atom is 0.149 e. The van der Waals surface area contributed by atoms with Crippen molar-refractivity contribution in [3.63, 3.8) is 0 Å². The molecule has 4 nitrogen and oxygen atoms in total. The van der Waals surface area contributed by atoms with Crippen LogP contribution in [0.1, 0.15) is 33.6 Å². The van der Waals surface area contributed by atoms with Gasteiger partial charge in [0.05, 0.1) is 12.7 Å². The van der Waals surface area contributed by atoms with Crippen LogP contribution in [0.5, 0.6) is 0 Å². The molecule has 4 atom stereocenters. The fourth-order valence-electron chi connectivity index (χ4n) is 2.16. The van der Waals surface area contributed by atoms with Gasteiger partial charge in [-0.1, -0.05) is 27.2 Å². The number of aldehydes is 1. The van der Waals surface area contributed by atoms with E-state index < -0.39 is 6.10 Å². The number of hydrogen-bond acceptors (Lipinski definition) is 4. The molecule has 18 heavy (non-hydrogen) atoms. The molecule has 0 aliphatic rings. The van der Waals surface area contributed by atoms with Crippen molar-refractivity contribution >= 4 is 6.29 Å². The fraction of sp³-hybridized carbons (Fsp3) is 0.929. The summed E-state index contributed by atoms with van der Waals surface area (Å²) in [4.78, 5) is 10.9. The lowest BCUT2D eigenvalue weighted by Gasteiger charge is -2.30. The molecule has 108 valence electrons. The molecule has 0 radical (unpaired) electrons. The predicted molar refractivity (Wildman–Crippen MR) is 71.7 cm³/mol. The molecule has 0 aliphatic carbocycles. The molecule has 4 heteroatoms. The zero-order valence-corrected chi connectivity index (χ0v) is 12.3. The maximum absolute atomic E-state index is 10.9.